The van der Waals surface area contributed by atoms with Crippen LogP contribution in [0.3, 0.4) is 0 Å². The lowest BCUT2D eigenvalue weighted by molar-refractivity contribution is -0.123. The standard InChI is InChI=1S/C16H33N5O2S/c1-16(2,3)13(22)11-24-10-9-20-14(23)12(17)7-6-8-21-15(18-4)19-5/h12H,6-11,17H2,1-5H3,(H,20,23)(H2,18,19,21). The van der Waals surface area contributed by atoms with Crippen LogP contribution in [0.25, 0.3) is 0 Å². The van der Waals surface area contributed by atoms with Crippen LogP contribution in [0.5, 0.6) is 0 Å². The van der Waals surface area contributed by atoms with Crippen LogP contribution in [-0.4, -0.2) is 62.4 Å². The van der Waals surface area contributed by atoms with Crippen LogP contribution in [0, 0.1) is 5.41 Å². The number of carbonyl (C=O) groups excluding carboxylic acids is 2. The number of hydrogen-bond acceptors (Lipinski definition) is 5. The highest BCUT2D eigenvalue weighted by Crippen LogP contribution is 2.17. The third kappa shape index (κ3) is 10.5. The van der Waals surface area contributed by atoms with Gasteiger partial charge in [-0.1, -0.05) is 20.8 Å². The molecule has 0 saturated carbocycles. The van der Waals surface area contributed by atoms with E-state index in [1.165, 1.54) is 11.8 Å². The Morgan fingerprint density at radius 1 is 1.21 bits per heavy atom. The maximum absolute atomic E-state index is 11.9. The topological polar surface area (TPSA) is 109 Å². The number of rotatable bonds is 10. The molecule has 0 fully saturated rings. The van der Waals surface area contributed by atoms with Crippen LogP contribution >= 0.6 is 11.8 Å². The minimum Gasteiger partial charge on any atom is -0.359 e. The summed E-state index contributed by atoms with van der Waals surface area (Å²) in [6, 6.07) is -0.510. The molecule has 140 valence electrons. The summed E-state index contributed by atoms with van der Waals surface area (Å²) in [6.07, 6.45) is 1.39. The summed E-state index contributed by atoms with van der Waals surface area (Å²) in [7, 11) is 3.49. The molecule has 0 heterocycles. The molecule has 0 aliphatic heterocycles. The molecule has 8 heteroatoms. The second kappa shape index (κ2) is 12.1. The van der Waals surface area contributed by atoms with Gasteiger partial charge in [0, 0.05) is 38.4 Å². The number of amides is 1. The highest BCUT2D eigenvalue weighted by molar-refractivity contribution is 7.99. The summed E-state index contributed by atoms with van der Waals surface area (Å²) in [5, 5.41) is 8.85. The number of nitrogens with two attached hydrogens (primary N) is 1. The highest BCUT2D eigenvalue weighted by atomic mass is 32.2. The molecule has 24 heavy (non-hydrogen) atoms. The fourth-order valence-corrected chi connectivity index (χ4v) is 2.71. The minimum absolute atomic E-state index is 0.143. The third-order valence-corrected chi connectivity index (χ3v) is 4.36. The normalized spacial score (nSPS) is 13.3. The van der Waals surface area contributed by atoms with Gasteiger partial charge < -0.3 is 21.7 Å². The van der Waals surface area contributed by atoms with Crippen LogP contribution in [0.15, 0.2) is 4.99 Å². The summed E-state index contributed by atoms with van der Waals surface area (Å²) in [5.74, 6) is 1.98. The Bertz CT molecular complexity index is 421. The van der Waals surface area contributed by atoms with Crippen molar-refractivity contribution >= 4 is 29.4 Å². The molecule has 1 atom stereocenters. The van der Waals surface area contributed by atoms with Gasteiger partial charge in [-0.05, 0) is 12.8 Å². The lowest BCUT2D eigenvalue weighted by Gasteiger charge is -2.16. The molecule has 0 aromatic carbocycles. The van der Waals surface area contributed by atoms with Crippen molar-refractivity contribution in [1.82, 2.24) is 16.0 Å². The number of ketones is 1. The Balaban J connectivity index is 3.75. The zero-order chi connectivity index (χ0) is 18.6. The summed E-state index contributed by atoms with van der Waals surface area (Å²) in [4.78, 5) is 27.6. The van der Waals surface area contributed by atoms with Crippen molar-refractivity contribution < 1.29 is 9.59 Å². The van der Waals surface area contributed by atoms with Gasteiger partial charge in [0.05, 0.1) is 11.8 Å². The van der Waals surface area contributed by atoms with Gasteiger partial charge in [-0.15, -0.1) is 0 Å². The number of aliphatic imine (C=N–C) groups is 1. The smallest absolute Gasteiger partial charge is 0.236 e. The number of nitrogens with zero attached hydrogens (tertiary/aromatic N) is 1. The van der Waals surface area contributed by atoms with Crippen molar-refractivity contribution in [1.29, 1.82) is 0 Å². The summed E-state index contributed by atoms with van der Waals surface area (Å²) in [5.41, 5.74) is 5.57. The Hall–Kier alpha value is -1.28. The molecule has 1 amide bonds. The van der Waals surface area contributed by atoms with E-state index in [1.54, 1.807) is 14.1 Å². The molecular weight excluding hydrogens is 326 g/mol. The molecule has 0 rings (SSSR count). The first-order chi connectivity index (χ1) is 11.2. The molecule has 0 saturated heterocycles. The lowest BCUT2D eigenvalue weighted by Crippen LogP contribution is -2.42. The van der Waals surface area contributed by atoms with Crippen molar-refractivity contribution in [2.75, 3.05) is 38.7 Å². The fraction of sp³-hybridized carbons (Fsp3) is 0.812. The Morgan fingerprint density at radius 3 is 2.42 bits per heavy atom. The molecule has 5 N–H and O–H groups in total. The number of guanidine groups is 1. The van der Waals surface area contributed by atoms with Crippen molar-refractivity contribution in [3.8, 4) is 0 Å². The minimum atomic E-state index is -0.510. The van der Waals surface area contributed by atoms with Crippen molar-refractivity contribution in [3.63, 3.8) is 0 Å². The molecule has 1 unspecified atom stereocenters. The maximum atomic E-state index is 11.9. The van der Waals surface area contributed by atoms with Crippen molar-refractivity contribution in [3.05, 3.63) is 0 Å². The van der Waals surface area contributed by atoms with Gasteiger partial charge in [0.2, 0.25) is 5.91 Å². The van der Waals surface area contributed by atoms with Gasteiger partial charge >= 0.3 is 0 Å². The molecule has 0 aromatic rings. The predicted octanol–water partition coefficient (Wildman–Crippen LogP) is 0.353. The summed E-state index contributed by atoms with van der Waals surface area (Å²) < 4.78 is 0. The van der Waals surface area contributed by atoms with Crippen LogP contribution in [0.1, 0.15) is 33.6 Å². The Labute approximate surface area is 150 Å². The number of hydrogen-bond donors (Lipinski definition) is 4. The molecule has 0 bridgehead atoms. The first kappa shape index (κ1) is 22.7. The third-order valence-electron chi connectivity index (χ3n) is 3.40. The molecule has 0 aromatic heterocycles. The lowest BCUT2D eigenvalue weighted by atomic mass is 9.92. The largest absolute Gasteiger partial charge is 0.359 e. The second-order valence-electron chi connectivity index (χ2n) is 6.51. The van der Waals surface area contributed by atoms with E-state index in [4.69, 9.17) is 5.73 Å². The van der Waals surface area contributed by atoms with E-state index in [0.29, 0.717) is 31.0 Å². The SMILES string of the molecule is C/N=C(/NC)NCCCC(N)C(=O)NCCSCC(=O)C(C)(C)C. The van der Waals surface area contributed by atoms with E-state index in [9.17, 15) is 9.59 Å². The summed E-state index contributed by atoms with van der Waals surface area (Å²) >= 11 is 1.54. The van der Waals surface area contributed by atoms with E-state index in [2.05, 4.69) is 20.9 Å². The average Bonchev–Trinajstić information content (AvgIpc) is 2.53. The molecule has 0 radical (unpaired) electrons. The second-order valence-corrected chi connectivity index (χ2v) is 7.62. The van der Waals surface area contributed by atoms with E-state index in [1.807, 2.05) is 20.8 Å². The van der Waals surface area contributed by atoms with Crippen LogP contribution < -0.4 is 21.7 Å². The zero-order valence-corrected chi connectivity index (χ0v) is 16.4. The monoisotopic (exact) mass is 359 g/mol. The van der Waals surface area contributed by atoms with Crippen LogP contribution in [0.4, 0.5) is 0 Å². The molecular formula is C16H33N5O2S. The Morgan fingerprint density at radius 2 is 1.88 bits per heavy atom. The number of Topliss-reactive ketones (excluding diaryl/α,β-unsaturated/α-hetero) is 1. The Kier molecular flexibility index (Phi) is 11.5. The van der Waals surface area contributed by atoms with E-state index in [0.717, 1.165) is 12.4 Å². The first-order valence-electron chi connectivity index (χ1n) is 8.25. The predicted molar refractivity (Wildman–Crippen MR) is 102 cm³/mol. The molecule has 7 nitrogen and oxygen atoms in total. The fourth-order valence-electron chi connectivity index (χ4n) is 1.70. The van der Waals surface area contributed by atoms with Gasteiger partial charge in [0.15, 0.2) is 5.96 Å². The van der Waals surface area contributed by atoms with Gasteiger partial charge in [-0.25, -0.2) is 0 Å². The number of thioether (sulfide) groups is 1. The molecule has 0 spiro atoms. The van der Waals surface area contributed by atoms with Gasteiger partial charge in [-0.3, -0.25) is 14.6 Å². The number of nitrogens with one attached hydrogen (secondary N) is 3. The van der Waals surface area contributed by atoms with Gasteiger partial charge in [0.1, 0.15) is 5.78 Å². The highest BCUT2D eigenvalue weighted by Gasteiger charge is 2.20. The quantitative estimate of drug-likeness (QED) is 0.255. The van der Waals surface area contributed by atoms with Gasteiger partial charge in [0.25, 0.3) is 0 Å². The number of carbonyl (C=O) groups is 2. The molecule has 0 aliphatic rings. The van der Waals surface area contributed by atoms with Crippen LogP contribution in [-0.2, 0) is 9.59 Å². The van der Waals surface area contributed by atoms with Crippen molar-refractivity contribution in [2.45, 2.75) is 39.7 Å². The molecule has 0 aliphatic carbocycles. The van der Waals surface area contributed by atoms with Crippen molar-refractivity contribution in [2.24, 2.45) is 16.1 Å². The zero-order valence-electron chi connectivity index (χ0n) is 15.6. The van der Waals surface area contributed by atoms with Gasteiger partial charge in [-0.2, -0.15) is 11.8 Å². The first-order valence-corrected chi connectivity index (χ1v) is 9.40. The maximum Gasteiger partial charge on any atom is 0.236 e. The van der Waals surface area contributed by atoms with E-state index in [-0.39, 0.29) is 17.1 Å². The van der Waals surface area contributed by atoms with E-state index < -0.39 is 6.04 Å². The van der Waals surface area contributed by atoms with Crippen LogP contribution in [0.2, 0.25) is 0 Å². The van der Waals surface area contributed by atoms with E-state index >= 15 is 0 Å². The average molecular weight is 360 g/mol. The summed E-state index contributed by atoms with van der Waals surface area (Å²) in [6.45, 7) is 6.98.